The molecule has 0 aliphatic rings. The second-order valence-corrected chi connectivity index (χ2v) is 4.39. The minimum absolute atomic E-state index is 0.165. The monoisotopic (exact) mass is 316 g/mol. The minimum Gasteiger partial charge on any atom is -0.506 e. The number of rotatable bonds is 2. The van der Waals surface area contributed by atoms with Gasteiger partial charge in [0, 0.05) is 18.0 Å². The van der Waals surface area contributed by atoms with Crippen LogP contribution in [0.2, 0.25) is 5.02 Å². The van der Waals surface area contributed by atoms with Crippen molar-refractivity contribution in [3.05, 3.63) is 52.8 Å². The van der Waals surface area contributed by atoms with Gasteiger partial charge >= 0.3 is 6.18 Å². The molecule has 0 aliphatic carbocycles. The Hall–Kier alpha value is -2.28. The number of hydrogen-bond acceptors (Lipinski definition) is 3. The third-order valence-electron chi connectivity index (χ3n) is 2.61. The highest BCUT2D eigenvalue weighted by molar-refractivity contribution is 6.35. The summed E-state index contributed by atoms with van der Waals surface area (Å²) in [4.78, 5) is 15.6. The van der Waals surface area contributed by atoms with Gasteiger partial charge in [-0.2, -0.15) is 13.2 Å². The second-order valence-electron chi connectivity index (χ2n) is 4.01. The molecule has 0 fully saturated rings. The Kier molecular flexibility index (Phi) is 4.04. The van der Waals surface area contributed by atoms with Crippen LogP contribution < -0.4 is 5.32 Å². The van der Waals surface area contributed by atoms with Crippen LogP contribution in [0.15, 0.2) is 36.7 Å². The number of hydrogen-bond donors (Lipinski definition) is 2. The number of phenols is 1. The van der Waals surface area contributed by atoms with Crippen molar-refractivity contribution >= 4 is 23.2 Å². The molecular formula is C13H8ClF3N2O2. The zero-order valence-corrected chi connectivity index (χ0v) is 11.0. The van der Waals surface area contributed by atoms with Crippen LogP contribution in [0, 0.1) is 0 Å². The Morgan fingerprint density at radius 1 is 1.19 bits per heavy atom. The molecule has 1 aromatic heterocycles. The first kappa shape index (κ1) is 15.1. The van der Waals surface area contributed by atoms with Crippen LogP contribution in [0.1, 0.15) is 15.9 Å². The Bertz CT molecular complexity index is 675. The number of alkyl halides is 3. The number of aromatic hydroxyl groups is 1. The molecule has 1 aromatic carbocycles. The summed E-state index contributed by atoms with van der Waals surface area (Å²) in [5.41, 5.74) is -1.47. The number of nitrogens with zero attached hydrogens (tertiary/aromatic N) is 1. The molecule has 0 radical (unpaired) electrons. The third-order valence-corrected chi connectivity index (χ3v) is 3.00. The lowest BCUT2D eigenvalue weighted by Crippen LogP contribution is -2.14. The molecule has 0 bridgehead atoms. The molecule has 1 heterocycles. The van der Waals surface area contributed by atoms with Gasteiger partial charge in [-0.05, 0) is 24.3 Å². The molecule has 4 nitrogen and oxygen atoms in total. The predicted octanol–water partition coefficient (Wildman–Crippen LogP) is 3.71. The van der Waals surface area contributed by atoms with Gasteiger partial charge in [0.15, 0.2) is 0 Å². The van der Waals surface area contributed by atoms with E-state index in [1.807, 2.05) is 0 Å². The summed E-state index contributed by atoms with van der Waals surface area (Å²) >= 11 is 5.62. The molecule has 0 atom stereocenters. The van der Waals surface area contributed by atoms with Gasteiger partial charge in [-0.1, -0.05) is 11.6 Å². The van der Waals surface area contributed by atoms with Gasteiger partial charge in [-0.15, -0.1) is 0 Å². The van der Waals surface area contributed by atoms with E-state index in [0.29, 0.717) is 6.07 Å². The molecule has 0 unspecified atom stereocenters. The molecule has 21 heavy (non-hydrogen) atoms. The van der Waals surface area contributed by atoms with Crippen LogP contribution >= 0.6 is 11.6 Å². The van der Waals surface area contributed by atoms with E-state index in [1.165, 1.54) is 24.5 Å². The van der Waals surface area contributed by atoms with Gasteiger partial charge in [-0.3, -0.25) is 9.78 Å². The molecule has 2 N–H and O–H groups in total. The largest absolute Gasteiger partial charge is 0.506 e. The van der Waals surface area contributed by atoms with E-state index in [2.05, 4.69) is 10.3 Å². The van der Waals surface area contributed by atoms with E-state index in [-0.39, 0.29) is 5.56 Å². The van der Waals surface area contributed by atoms with Crippen LogP contribution in [0.25, 0.3) is 0 Å². The second kappa shape index (κ2) is 5.61. The Morgan fingerprint density at radius 2 is 1.81 bits per heavy atom. The van der Waals surface area contributed by atoms with Crippen LogP contribution in [0.3, 0.4) is 0 Å². The van der Waals surface area contributed by atoms with E-state index in [1.54, 1.807) is 0 Å². The van der Waals surface area contributed by atoms with E-state index in [0.717, 1.165) is 6.07 Å². The fourth-order valence-corrected chi connectivity index (χ4v) is 1.91. The number of phenolic OH excluding ortho intramolecular Hbond substituents is 1. The molecule has 0 spiro atoms. The van der Waals surface area contributed by atoms with Crippen molar-refractivity contribution in [1.82, 2.24) is 4.98 Å². The highest BCUT2D eigenvalue weighted by Gasteiger charge is 2.35. The van der Waals surface area contributed by atoms with E-state index >= 15 is 0 Å². The first-order valence-corrected chi connectivity index (χ1v) is 5.98. The molecule has 110 valence electrons. The maximum Gasteiger partial charge on any atom is 0.417 e. The summed E-state index contributed by atoms with van der Waals surface area (Å²) in [7, 11) is 0. The van der Waals surface area contributed by atoms with Gasteiger partial charge < -0.3 is 10.4 Å². The lowest BCUT2D eigenvalue weighted by Gasteiger charge is -2.14. The fourth-order valence-electron chi connectivity index (χ4n) is 1.59. The number of amides is 1. The van der Waals surface area contributed by atoms with Gasteiger partial charge in [0.1, 0.15) is 11.4 Å². The van der Waals surface area contributed by atoms with Gasteiger partial charge in [0.25, 0.3) is 5.91 Å². The van der Waals surface area contributed by atoms with Crippen molar-refractivity contribution in [3.8, 4) is 5.75 Å². The highest BCUT2D eigenvalue weighted by atomic mass is 35.5. The quantitative estimate of drug-likeness (QED) is 0.830. The van der Waals surface area contributed by atoms with Gasteiger partial charge in [0.2, 0.25) is 0 Å². The van der Waals surface area contributed by atoms with Crippen LogP contribution in [0.5, 0.6) is 5.75 Å². The number of halogens is 4. The van der Waals surface area contributed by atoms with E-state index in [4.69, 9.17) is 11.6 Å². The summed E-state index contributed by atoms with van der Waals surface area (Å²) in [6, 6.07) is 4.19. The van der Waals surface area contributed by atoms with Gasteiger partial charge in [0.05, 0.1) is 10.6 Å². The molecule has 0 saturated heterocycles. The van der Waals surface area contributed by atoms with Crippen molar-refractivity contribution in [2.24, 2.45) is 0 Å². The number of carbonyl (C=O) groups excluding carboxylic acids is 1. The third kappa shape index (κ3) is 3.25. The number of pyridine rings is 1. The summed E-state index contributed by atoms with van der Waals surface area (Å²) in [6.07, 6.45) is -1.99. The van der Waals surface area contributed by atoms with Crippen molar-refractivity contribution in [2.75, 3.05) is 5.32 Å². The molecule has 0 aliphatic heterocycles. The first-order chi connectivity index (χ1) is 9.80. The first-order valence-electron chi connectivity index (χ1n) is 5.60. The van der Waals surface area contributed by atoms with Gasteiger partial charge in [-0.25, -0.2) is 0 Å². The molecule has 0 saturated carbocycles. The summed E-state index contributed by atoms with van der Waals surface area (Å²) in [5, 5.41) is 11.0. The Morgan fingerprint density at radius 3 is 2.38 bits per heavy atom. The Labute approximate surface area is 122 Å². The number of aromatic nitrogens is 1. The SMILES string of the molecule is O=C(Nc1c(O)ccc(C(F)(F)F)c1Cl)c1ccncc1. The standard InChI is InChI=1S/C13H8ClF3N2O2/c14-10-8(13(15,16)17)1-2-9(20)11(10)19-12(21)7-3-5-18-6-4-7/h1-6,20H,(H,19,21). The molecule has 2 rings (SSSR count). The molecular weight excluding hydrogens is 309 g/mol. The smallest absolute Gasteiger partial charge is 0.417 e. The van der Waals surface area contributed by atoms with Crippen molar-refractivity contribution in [2.45, 2.75) is 6.18 Å². The van der Waals surface area contributed by atoms with E-state index < -0.39 is 34.1 Å². The van der Waals surface area contributed by atoms with Crippen molar-refractivity contribution < 1.29 is 23.1 Å². The maximum absolute atomic E-state index is 12.7. The Balaban J connectivity index is 2.39. The number of nitrogens with one attached hydrogen (secondary N) is 1. The van der Waals surface area contributed by atoms with E-state index in [9.17, 15) is 23.1 Å². The lowest BCUT2D eigenvalue weighted by molar-refractivity contribution is -0.137. The molecule has 8 heteroatoms. The van der Waals surface area contributed by atoms with Crippen LogP contribution in [0.4, 0.5) is 18.9 Å². The van der Waals surface area contributed by atoms with Crippen molar-refractivity contribution in [1.29, 1.82) is 0 Å². The summed E-state index contributed by atoms with van der Waals surface area (Å²) in [6.45, 7) is 0. The zero-order valence-electron chi connectivity index (χ0n) is 10.3. The summed E-state index contributed by atoms with van der Waals surface area (Å²) in [5.74, 6) is -1.27. The van der Waals surface area contributed by atoms with Crippen molar-refractivity contribution in [3.63, 3.8) is 0 Å². The lowest BCUT2D eigenvalue weighted by atomic mass is 10.1. The number of benzene rings is 1. The summed E-state index contributed by atoms with van der Waals surface area (Å²) < 4.78 is 38.2. The average Bonchev–Trinajstić information content (AvgIpc) is 2.42. The highest BCUT2D eigenvalue weighted by Crippen LogP contribution is 2.42. The minimum atomic E-state index is -4.69. The zero-order chi connectivity index (χ0) is 15.6. The number of anilines is 1. The molecule has 1 amide bonds. The maximum atomic E-state index is 12.7. The predicted molar refractivity (Wildman–Crippen MR) is 70.3 cm³/mol. The molecule has 2 aromatic rings. The van der Waals surface area contributed by atoms with Crippen LogP contribution in [-0.2, 0) is 6.18 Å². The number of carbonyl (C=O) groups is 1. The fraction of sp³-hybridized carbons (Fsp3) is 0.0769. The van der Waals surface area contributed by atoms with Crippen LogP contribution in [-0.4, -0.2) is 16.0 Å². The topological polar surface area (TPSA) is 62.2 Å². The average molecular weight is 317 g/mol. The normalized spacial score (nSPS) is 11.2.